The smallest absolute Gasteiger partial charge is 0.123 e. The lowest BCUT2D eigenvalue weighted by atomic mass is 9.97. The van der Waals surface area contributed by atoms with Crippen molar-refractivity contribution in [1.82, 2.24) is 5.32 Å². The monoisotopic (exact) mass is 247 g/mol. The summed E-state index contributed by atoms with van der Waals surface area (Å²) in [7, 11) is 2.02. The fourth-order valence-corrected chi connectivity index (χ4v) is 2.58. The molecule has 2 rings (SSSR count). The maximum absolute atomic E-state index is 5.73. The number of aryl methyl sites for hydroxylation is 1. The van der Waals surface area contributed by atoms with E-state index in [0.29, 0.717) is 6.10 Å². The summed E-state index contributed by atoms with van der Waals surface area (Å²) in [4.78, 5) is 0. The predicted octanol–water partition coefficient (Wildman–Crippen LogP) is 3.19. The van der Waals surface area contributed by atoms with Gasteiger partial charge >= 0.3 is 0 Å². The molecule has 1 aromatic rings. The normalized spacial score (nSPS) is 19.4. The average molecular weight is 247 g/mol. The van der Waals surface area contributed by atoms with E-state index in [-0.39, 0.29) is 0 Å². The van der Waals surface area contributed by atoms with Crippen LogP contribution >= 0.6 is 0 Å². The number of rotatable bonds is 6. The first-order chi connectivity index (χ1) is 8.69. The Morgan fingerprint density at radius 1 is 1.39 bits per heavy atom. The van der Waals surface area contributed by atoms with Gasteiger partial charge in [0.25, 0.3) is 0 Å². The van der Waals surface area contributed by atoms with Gasteiger partial charge < -0.3 is 10.1 Å². The van der Waals surface area contributed by atoms with Crippen molar-refractivity contribution >= 4 is 0 Å². The summed E-state index contributed by atoms with van der Waals surface area (Å²) in [6.45, 7) is 5.60. The minimum absolute atomic E-state index is 0.352. The van der Waals surface area contributed by atoms with Crippen LogP contribution in [0.1, 0.15) is 37.8 Å². The summed E-state index contributed by atoms with van der Waals surface area (Å²) < 4.78 is 5.73. The van der Waals surface area contributed by atoms with Crippen molar-refractivity contribution in [2.75, 3.05) is 13.6 Å². The van der Waals surface area contributed by atoms with Crippen molar-refractivity contribution in [1.29, 1.82) is 0 Å². The second kappa shape index (κ2) is 6.24. The third kappa shape index (κ3) is 3.49. The first kappa shape index (κ1) is 13.4. The van der Waals surface area contributed by atoms with Crippen LogP contribution in [0.3, 0.4) is 0 Å². The molecule has 1 aliphatic heterocycles. The predicted molar refractivity (Wildman–Crippen MR) is 76.3 cm³/mol. The van der Waals surface area contributed by atoms with E-state index >= 15 is 0 Å². The van der Waals surface area contributed by atoms with Crippen LogP contribution in [0.5, 0.6) is 5.75 Å². The van der Waals surface area contributed by atoms with Crippen molar-refractivity contribution in [2.24, 2.45) is 5.92 Å². The SMILES string of the molecule is CNCCC(C)CCc1ccc2c(c1)CC(C)O2. The van der Waals surface area contributed by atoms with E-state index in [1.165, 1.54) is 30.4 Å². The Labute approximate surface area is 111 Å². The van der Waals surface area contributed by atoms with Crippen LogP contribution in [0.2, 0.25) is 0 Å². The minimum atomic E-state index is 0.352. The van der Waals surface area contributed by atoms with Crippen molar-refractivity contribution in [3.8, 4) is 5.75 Å². The maximum Gasteiger partial charge on any atom is 0.123 e. The second-order valence-electron chi connectivity index (χ2n) is 5.61. The fraction of sp³-hybridized carbons (Fsp3) is 0.625. The number of hydrogen-bond acceptors (Lipinski definition) is 2. The van der Waals surface area contributed by atoms with E-state index in [1.54, 1.807) is 0 Å². The standard InChI is InChI=1S/C16H25NO/c1-12(8-9-17-3)4-5-14-6-7-16-15(11-14)10-13(2)18-16/h6-7,11-13,17H,4-5,8-10H2,1-3H3. The van der Waals surface area contributed by atoms with E-state index in [1.807, 2.05) is 7.05 Å². The zero-order valence-corrected chi connectivity index (χ0v) is 11.8. The molecule has 1 heterocycles. The van der Waals surface area contributed by atoms with Crippen LogP contribution in [-0.4, -0.2) is 19.7 Å². The van der Waals surface area contributed by atoms with Gasteiger partial charge in [0.1, 0.15) is 11.9 Å². The molecule has 100 valence electrons. The van der Waals surface area contributed by atoms with E-state index in [2.05, 4.69) is 37.4 Å². The summed E-state index contributed by atoms with van der Waals surface area (Å²) in [5.41, 5.74) is 2.85. The molecule has 0 aromatic heterocycles. The van der Waals surface area contributed by atoms with E-state index in [9.17, 15) is 0 Å². The highest BCUT2D eigenvalue weighted by molar-refractivity contribution is 5.40. The number of ether oxygens (including phenoxy) is 1. The highest BCUT2D eigenvalue weighted by Crippen LogP contribution is 2.30. The maximum atomic E-state index is 5.73. The Morgan fingerprint density at radius 2 is 2.22 bits per heavy atom. The molecule has 0 saturated heterocycles. The average Bonchev–Trinajstić information content (AvgIpc) is 2.73. The number of fused-ring (bicyclic) bond motifs is 1. The Kier molecular flexibility index (Phi) is 4.65. The van der Waals surface area contributed by atoms with Crippen molar-refractivity contribution < 1.29 is 4.74 Å². The zero-order chi connectivity index (χ0) is 13.0. The van der Waals surface area contributed by atoms with Crippen LogP contribution in [0.15, 0.2) is 18.2 Å². The Morgan fingerprint density at radius 3 is 3.00 bits per heavy atom. The highest BCUT2D eigenvalue weighted by atomic mass is 16.5. The van der Waals surface area contributed by atoms with Crippen molar-refractivity contribution in [2.45, 2.75) is 45.6 Å². The van der Waals surface area contributed by atoms with Gasteiger partial charge in [-0.3, -0.25) is 0 Å². The van der Waals surface area contributed by atoms with Gasteiger partial charge in [0.05, 0.1) is 0 Å². The molecule has 0 aliphatic carbocycles. The van der Waals surface area contributed by atoms with Crippen LogP contribution in [0.4, 0.5) is 0 Å². The van der Waals surface area contributed by atoms with E-state index in [4.69, 9.17) is 4.74 Å². The van der Waals surface area contributed by atoms with E-state index < -0.39 is 0 Å². The molecule has 18 heavy (non-hydrogen) atoms. The molecule has 2 nitrogen and oxygen atoms in total. The van der Waals surface area contributed by atoms with Crippen LogP contribution in [-0.2, 0) is 12.8 Å². The summed E-state index contributed by atoms with van der Waals surface area (Å²) >= 11 is 0. The second-order valence-corrected chi connectivity index (χ2v) is 5.61. The number of nitrogens with one attached hydrogen (secondary N) is 1. The van der Waals surface area contributed by atoms with Gasteiger partial charge in [0.15, 0.2) is 0 Å². The van der Waals surface area contributed by atoms with E-state index in [0.717, 1.165) is 24.6 Å². The lowest BCUT2D eigenvalue weighted by Crippen LogP contribution is -2.11. The largest absolute Gasteiger partial charge is 0.490 e. The molecule has 1 aliphatic rings. The van der Waals surface area contributed by atoms with Gasteiger partial charge in [0, 0.05) is 6.42 Å². The first-order valence-electron chi connectivity index (χ1n) is 7.12. The Balaban J connectivity index is 1.85. The van der Waals surface area contributed by atoms with Gasteiger partial charge in [-0.15, -0.1) is 0 Å². The van der Waals surface area contributed by atoms with Crippen LogP contribution < -0.4 is 10.1 Å². The van der Waals surface area contributed by atoms with Crippen LogP contribution in [0.25, 0.3) is 0 Å². The third-order valence-corrected chi connectivity index (χ3v) is 3.77. The molecule has 2 unspecified atom stereocenters. The van der Waals surface area contributed by atoms with Gasteiger partial charge in [-0.2, -0.15) is 0 Å². The number of hydrogen-bond donors (Lipinski definition) is 1. The molecule has 0 amide bonds. The molecule has 0 spiro atoms. The molecule has 0 fully saturated rings. The summed E-state index contributed by atoms with van der Waals surface area (Å²) in [6.07, 6.45) is 5.15. The van der Waals surface area contributed by atoms with Gasteiger partial charge in [0.2, 0.25) is 0 Å². The number of benzene rings is 1. The molecule has 0 bridgehead atoms. The van der Waals surface area contributed by atoms with Crippen LogP contribution in [0, 0.1) is 5.92 Å². The third-order valence-electron chi connectivity index (χ3n) is 3.77. The summed E-state index contributed by atoms with van der Waals surface area (Å²) in [6, 6.07) is 6.71. The topological polar surface area (TPSA) is 21.3 Å². The van der Waals surface area contributed by atoms with Crippen molar-refractivity contribution in [3.05, 3.63) is 29.3 Å². The fourth-order valence-electron chi connectivity index (χ4n) is 2.58. The zero-order valence-electron chi connectivity index (χ0n) is 11.8. The van der Waals surface area contributed by atoms with Gasteiger partial charge in [-0.25, -0.2) is 0 Å². The molecular weight excluding hydrogens is 222 g/mol. The molecule has 2 heteroatoms. The molecular formula is C16H25NO. The highest BCUT2D eigenvalue weighted by Gasteiger charge is 2.18. The molecule has 1 aromatic carbocycles. The quantitative estimate of drug-likeness (QED) is 0.833. The lowest BCUT2D eigenvalue weighted by molar-refractivity contribution is 0.254. The summed E-state index contributed by atoms with van der Waals surface area (Å²) in [5.74, 6) is 1.88. The Hall–Kier alpha value is -1.02. The molecule has 1 N–H and O–H groups in total. The summed E-state index contributed by atoms with van der Waals surface area (Å²) in [5, 5.41) is 3.22. The van der Waals surface area contributed by atoms with Gasteiger partial charge in [-0.1, -0.05) is 19.1 Å². The Bertz CT molecular complexity index is 389. The van der Waals surface area contributed by atoms with Gasteiger partial charge in [-0.05, 0) is 62.9 Å². The first-order valence-corrected chi connectivity index (χ1v) is 7.12. The molecule has 0 saturated carbocycles. The minimum Gasteiger partial charge on any atom is -0.490 e. The molecule has 0 radical (unpaired) electrons. The molecule has 2 atom stereocenters. The van der Waals surface area contributed by atoms with Crippen molar-refractivity contribution in [3.63, 3.8) is 0 Å². The lowest BCUT2D eigenvalue weighted by Gasteiger charge is -2.11.